The molecule has 0 unspecified atom stereocenters. The minimum absolute atomic E-state index is 0.867. The van der Waals surface area contributed by atoms with Gasteiger partial charge in [-0.05, 0) is 18.2 Å². The molecule has 0 aliphatic carbocycles. The van der Waals surface area contributed by atoms with Crippen LogP contribution in [0.4, 0.5) is 5.69 Å². The summed E-state index contributed by atoms with van der Waals surface area (Å²) in [5, 5.41) is 4.79. The van der Waals surface area contributed by atoms with E-state index in [1.54, 1.807) is 0 Å². The SMILES string of the molecule is C[n+]1cccc2ccc(NCCN3CCOCC3)cc21. The normalized spacial score (nSPS) is 16.4. The molecule has 0 atom stereocenters. The number of benzene rings is 1. The Kier molecular flexibility index (Phi) is 4.14. The molecule has 1 aliphatic rings. The average Bonchev–Trinajstić information content (AvgIpc) is 2.49. The van der Waals surface area contributed by atoms with Crippen molar-refractivity contribution < 1.29 is 9.30 Å². The quantitative estimate of drug-likeness (QED) is 0.853. The van der Waals surface area contributed by atoms with Crippen LogP contribution in [0.1, 0.15) is 0 Å². The van der Waals surface area contributed by atoms with Crippen LogP contribution in [0.15, 0.2) is 36.5 Å². The number of fused-ring (bicyclic) bond motifs is 1. The number of aryl methyl sites for hydroxylation is 1. The van der Waals surface area contributed by atoms with Gasteiger partial charge in [-0.1, -0.05) is 0 Å². The fourth-order valence-corrected chi connectivity index (χ4v) is 2.64. The van der Waals surface area contributed by atoms with Gasteiger partial charge in [0.25, 0.3) is 0 Å². The maximum Gasteiger partial charge on any atom is 0.214 e. The Hall–Kier alpha value is -1.65. The third-order valence-electron chi connectivity index (χ3n) is 3.86. The molecule has 1 aliphatic heterocycles. The van der Waals surface area contributed by atoms with Gasteiger partial charge >= 0.3 is 0 Å². The summed E-state index contributed by atoms with van der Waals surface area (Å²) in [5.74, 6) is 0. The van der Waals surface area contributed by atoms with Crippen molar-refractivity contribution in [1.29, 1.82) is 0 Å². The van der Waals surface area contributed by atoms with Gasteiger partial charge in [0.05, 0.1) is 13.2 Å². The summed E-state index contributed by atoms with van der Waals surface area (Å²) < 4.78 is 7.52. The van der Waals surface area contributed by atoms with E-state index in [1.165, 1.54) is 16.6 Å². The lowest BCUT2D eigenvalue weighted by atomic mass is 10.2. The lowest BCUT2D eigenvalue weighted by Crippen LogP contribution is -2.39. The van der Waals surface area contributed by atoms with E-state index in [-0.39, 0.29) is 0 Å². The molecule has 0 amide bonds. The molecule has 106 valence electrons. The van der Waals surface area contributed by atoms with Crippen LogP contribution < -0.4 is 9.88 Å². The van der Waals surface area contributed by atoms with E-state index >= 15 is 0 Å². The number of nitrogens with zero attached hydrogens (tertiary/aromatic N) is 2. The molecular weight excluding hydrogens is 250 g/mol. The monoisotopic (exact) mass is 272 g/mol. The predicted octanol–water partition coefficient (Wildman–Crippen LogP) is 1.41. The van der Waals surface area contributed by atoms with Gasteiger partial charge in [0, 0.05) is 49.4 Å². The van der Waals surface area contributed by atoms with Gasteiger partial charge in [0.2, 0.25) is 5.52 Å². The zero-order valence-electron chi connectivity index (χ0n) is 12.0. The number of nitrogens with one attached hydrogen (secondary N) is 1. The second-order valence-corrected chi connectivity index (χ2v) is 5.27. The number of aromatic nitrogens is 1. The van der Waals surface area contributed by atoms with Crippen LogP contribution in [-0.4, -0.2) is 44.3 Å². The molecule has 1 saturated heterocycles. The molecule has 2 aromatic rings. The Labute approximate surface area is 120 Å². The summed E-state index contributed by atoms with van der Waals surface area (Å²) in [4.78, 5) is 2.44. The van der Waals surface area contributed by atoms with E-state index in [0.717, 1.165) is 39.4 Å². The summed E-state index contributed by atoms with van der Waals surface area (Å²) in [6, 6.07) is 10.8. The average molecular weight is 272 g/mol. The predicted molar refractivity (Wildman–Crippen MR) is 80.9 cm³/mol. The number of anilines is 1. The van der Waals surface area contributed by atoms with Crippen molar-refractivity contribution in [3.05, 3.63) is 36.5 Å². The zero-order chi connectivity index (χ0) is 13.8. The highest BCUT2D eigenvalue weighted by molar-refractivity contribution is 5.79. The second kappa shape index (κ2) is 6.20. The van der Waals surface area contributed by atoms with Crippen molar-refractivity contribution in [3.8, 4) is 0 Å². The molecule has 1 aromatic heterocycles. The molecule has 1 aromatic carbocycles. The van der Waals surface area contributed by atoms with Crippen LogP contribution in [0, 0.1) is 0 Å². The van der Waals surface area contributed by atoms with Crippen molar-refractivity contribution in [3.63, 3.8) is 0 Å². The number of pyridine rings is 1. The molecule has 20 heavy (non-hydrogen) atoms. The summed E-state index contributed by atoms with van der Waals surface area (Å²) in [6.45, 7) is 5.88. The minimum atomic E-state index is 0.867. The van der Waals surface area contributed by atoms with Crippen molar-refractivity contribution >= 4 is 16.6 Å². The molecular formula is C16H22N3O+. The van der Waals surface area contributed by atoms with Gasteiger partial charge in [-0.15, -0.1) is 0 Å². The first-order valence-electron chi connectivity index (χ1n) is 7.25. The fourth-order valence-electron chi connectivity index (χ4n) is 2.64. The fraction of sp³-hybridized carbons (Fsp3) is 0.438. The Morgan fingerprint density at radius 1 is 1.25 bits per heavy atom. The summed E-state index contributed by atoms with van der Waals surface area (Å²) in [6.07, 6.45) is 2.08. The zero-order valence-corrected chi connectivity index (χ0v) is 12.0. The highest BCUT2D eigenvalue weighted by atomic mass is 16.5. The van der Waals surface area contributed by atoms with E-state index in [1.807, 2.05) is 0 Å². The van der Waals surface area contributed by atoms with Crippen LogP contribution in [0.2, 0.25) is 0 Å². The largest absolute Gasteiger partial charge is 0.384 e. The molecule has 3 rings (SSSR count). The van der Waals surface area contributed by atoms with Gasteiger partial charge in [-0.2, -0.15) is 0 Å². The molecule has 0 saturated carbocycles. The molecule has 4 nitrogen and oxygen atoms in total. The van der Waals surface area contributed by atoms with Crippen molar-refractivity contribution in [2.45, 2.75) is 0 Å². The molecule has 1 fully saturated rings. The van der Waals surface area contributed by atoms with Gasteiger partial charge in [0.15, 0.2) is 6.20 Å². The Balaban J connectivity index is 1.61. The van der Waals surface area contributed by atoms with Gasteiger partial charge < -0.3 is 10.1 Å². The first-order chi connectivity index (χ1) is 9.83. The molecule has 1 N–H and O–H groups in total. The van der Waals surface area contributed by atoms with E-state index in [4.69, 9.17) is 4.74 Å². The summed E-state index contributed by atoms with van der Waals surface area (Å²) in [7, 11) is 2.08. The van der Waals surface area contributed by atoms with E-state index in [2.05, 4.69) is 58.4 Å². The van der Waals surface area contributed by atoms with Crippen LogP contribution in [0.3, 0.4) is 0 Å². The first-order valence-corrected chi connectivity index (χ1v) is 7.25. The highest BCUT2D eigenvalue weighted by Crippen LogP contribution is 2.15. The second-order valence-electron chi connectivity index (χ2n) is 5.27. The third-order valence-corrected chi connectivity index (χ3v) is 3.86. The maximum atomic E-state index is 5.36. The Morgan fingerprint density at radius 3 is 2.95 bits per heavy atom. The number of hydrogen-bond acceptors (Lipinski definition) is 3. The molecule has 4 heteroatoms. The molecule has 2 heterocycles. The number of hydrogen-bond donors (Lipinski definition) is 1. The number of ether oxygens (including phenoxy) is 1. The lowest BCUT2D eigenvalue weighted by molar-refractivity contribution is -0.644. The molecule has 0 spiro atoms. The van der Waals surface area contributed by atoms with Crippen molar-refractivity contribution in [2.75, 3.05) is 44.7 Å². The number of morpholine rings is 1. The Bertz CT molecular complexity index is 579. The highest BCUT2D eigenvalue weighted by Gasteiger charge is 2.09. The van der Waals surface area contributed by atoms with Crippen molar-refractivity contribution in [2.24, 2.45) is 7.05 Å². The topological polar surface area (TPSA) is 28.4 Å². The van der Waals surface area contributed by atoms with Crippen LogP contribution in [-0.2, 0) is 11.8 Å². The van der Waals surface area contributed by atoms with E-state index in [0.29, 0.717) is 0 Å². The minimum Gasteiger partial charge on any atom is -0.384 e. The van der Waals surface area contributed by atoms with Crippen LogP contribution in [0.5, 0.6) is 0 Å². The van der Waals surface area contributed by atoms with Gasteiger partial charge in [-0.3, -0.25) is 4.90 Å². The van der Waals surface area contributed by atoms with Gasteiger partial charge in [-0.25, -0.2) is 4.57 Å². The molecule has 0 radical (unpaired) electrons. The Morgan fingerprint density at radius 2 is 2.10 bits per heavy atom. The smallest absolute Gasteiger partial charge is 0.214 e. The maximum absolute atomic E-state index is 5.36. The van der Waals surface area contributed by atoms with E-state index < -0.39 is 0 Å². The lowest BCUT2D eigenvalue weighted by Gasteiger charge is -2.26. The van der Waals surface area contributed by atoms with Crippen molar-refractivity contribution in [1.82, 2.24) is 4.90 Å². The third kappa shape index (κ3) is 3.08. The standard InChI is InChI=1S/C16H21N3O/c1-18-7-2-3-14-4-5-15(13-16(14)18)17-6-8-19-9-11-20-12-10-19/h2-5,7,13H,6,8-12H2,1H3/p+1. The first kappa shape index (κ1) is 13.3. The molecule has 0 bridgehead atoms. The van der Waals surface area contributed by atoms with Crippen LogP contribution >= 0.6 is 0 Å². The summed E-state index contributed by atoms with van der Waals surface area (Å²) >= 11 is 0. The van der Waals surface area contributed by atoms with E-state index in [9.17, 15) is 0 Å². The summed E-state index contributed by atoms with van der Waals surface area (Å²) in [5.41, 5.74) is 2.44. The van der Waals surface area contributed by atoms with Gasteiger partial charge in [0.1, 0.15) is 7.05 Å². The van der Waals surface area contributed by atoms with Crippen LogP contribution in [0.25, 0.3) is 10.9 Å². The number of rotatable bonds is 4.